The fraction of sp³-hybridized carbons (Fsp3) is 0.250. The molecule has 0 spiro atoms. The van der Waals surface area contributed by atoms with E-state index in [1.807, 2.05) is 0 Å². The van der Waals surface area contributed by atoms with Crippen molar-refractivity contribution in [3.8, 4) is 0 Å². The first-order chi connectivity index (χ1) is 6.22. The van der Waals surface area contributed by atoms with Gasteiger partial charge >= 0.3 is 8.26 Å². The molecule has 0 atom stereocenters. The predicted octanol–water partition coefficient (Wildman–Crippen LogP) is 3.77. The summed E-state index contributed by atoms with van der Waals surface area (Å²) in [6.45, 7) is 4.19. The fourth-order valence-electron chi connectivity index (χ4n) is 0.794. The van der Waals surface area contributed by atoms with Crippen molar-refractivity contribution < 1.29 is 8.42 Å². The van der Waals surface area contributed by atoms with Crippen molar-refractivity contribution in [3.63, 3.8) is 0 Å². The SMILES string of the molecule is Cc1cccc(C)c1Br.O=S(=O)(Cl)Cl. The third kappa shape index (κ3) is 7.62. The topological polar surface area (TPSA) is 34.1 Å². The molecule has 0 unspecified atom stereocenters. The maximum absolute atomic E-state index is 9.16. The first-order valence-electron chi connectivity index (χ1n) is 3.57. The van der Waals surface area contributed by atoms with Gasteiger partial charge in [0.2, 0.25) is 0 Å². The van der Waals surface area contributed by atoms with Crippen molar-refractivity contribution in [1.29, 1.82) is 0 Å². The van der Waals surface area contributed by atoms with E-state index in [2.05, 4.69) is 69.3 Å². The summed E-state index contributed by atoms with van der Waals surface area (Å²) >= 11 is 3.48. The molecule has 0 aromatic heterocycles. The number of hydrogen-bond donors (Lipinski definition) is 0. The summed E-state index contributed by atoms with van der Waals surface area (Å²) < 4.78 is 19.6. The van der Waals surface area contributed by atoms with Crippen LogP contribution < -0.4 is 0 Å². The summed E-state index contributed by atoms with van der Waals surface area (Å²) in [6, 6.07) is 6.25. The van der Waals surface area contributed by atoms with E-state index in [4.69, 9.17) is 8.42 Å². The summed E-state index contributed by atoms with van der Waals surface area (Å²) in [6.07, 6.45) is 0. The van der Waals surface area contributed by atoms with Crippen molar-refractivity contribution in [2.45, 2.75) is 13.8 Å². The van der Waals surface area contributed by atoms with Gasteiger partial charge in [0.05, 0.1) is 0 Å². The summed E-state index contributed by atoms with van der Waals surface area (Å²) in [5.74, 6) is 0. The van der Waals surface area contributed by atoms with E-state index < -0.39 is 8.26 Å². The highest BCUT2D eigenvalue weighted by molar-refractivity contribution is 9.10. The van der Waals surface area contributed by atoms with Crippen LogP contribution in [0.3, 0.4) is 0 Å². The first-order valence-corrected chi connectivity index (χ1v) is 7.50. The van der Waals surface area contributed by atoms with Gasteiger partial charge in [-0.25, -0.2) is 0 Å². The Morgan fingerprint density at radius 2 is 1.43 bits per heavy atom. The summed E-state index contributed by atoms with van der Waals surface area (Å²) in [7, 11) is 4.81. The molecule has 0 aliphatic carbocycles. The Labute approximate surface area is 101 Å². The van der Waals surface area contributed by atoms with Crippen LogP contribution in [0.4, 0.5) is 0 Å². The summed E-state index contributed by atoms with van der Waals surface area (Å²) in [5, 5.41) is 0. The molecule has 0 aliphatic heterocycles. The van der Waals surface area contributed by atoms with Gasteiger partial charge in [-0.2, -0.15) is 8.42 Å². The summed E-state index contributed by atoms with van der Waals surface area (Å²) in [5.41, 5.74) is 2.60. The Bertz CT molecular complexity index is 376. The van der Waals surface area contributed by atoms with Crippen molar-refractivity contribution in [2.24, 2.45) is 0 Å². The molecular formula is C8H9BrCl2O2S. The molecule has 0 heterocycles. The summed E-state index contributed by atoms with van der Waals surface area (Å²) in [4.78, 5) is 0. The van der Waals surface area contributed by atoms with E-state index in [0.717, 1.165) is 0 Å². The normalized spacial score (nSPS) is 10.4. The van der Waals surface area contributed by atoms with Crippen LogP contribution in [0.1, 0.15) is 11.1 Å². The number of hydrogen-bond acceptors (Lipinski definition) is 2. The van der Waals surface area contributed by atoms with Gasteiger partial charge in [0, 0.05) is 25.8 Å². The van der Waals surface area contributed by atoms with Gasteiger partial charge in [0.15, 0.2) is 0 Å². The van der Waals surface area contributed by atoms with Gasteiger partial charge in [-0.05, 0) is 25.0 Å². The standard InChI is InChI=1S/C8H9Br.Cl2O2S/c1-6-4-3-5-7(2)8(6)9;1-5(2,3)4/h3-5H,1-2H3;. The minimum absolute atomic E-state index is 1.23. The van der Waals surface area contributed by atoms with Crippen molar-refractivity contribution in [3.05, 3.63) is 33.8 Å². The zero-order valence-corrected chi connectivity index (χ0v) is 11.5. The molecule has 1 rings (SSSR count). The molecule has 6 heteroatoms. The molecule has 0 saturated heterocycles. The molecule has 0 amide bonds. The lowest BCUT2D eigenvalue weighted by atomic mass is 10.2. The fourth-order valence-corrected chi connectivity index (χ4v) is 1.06. The maximum atomic E-state index is 9.16. The average Bonchev–Trinajstić information content (AvgIpc) is 1.97. The van der Waals surface area contributed by atoms with Crippen LogP contribution in [0.2, 0.25) is 0 Å². The minimum atomic E-state index is -3.72. The zero-order valence-electron chi connectivity index (χ0n) is 7.59. The molecular weight excluding hydrogens is 311 g/mol. The van der Waals surface area contributed by atoms with E-state index in [0.29, 0.717) is 0 Å². The van der Waals surface area contributed by atoms with Crippen LogP contribution >= 0.6 is 37.3 Å². The third-order valence-electron chi connectivity index (χ3n) is 1.38. The van der Waals surface area contributed by atoms with E-state index in [9.17, 15) is 0 Å². The smallest absolute Gasteiger partial charge is 0.195 e. The molecule has 80 valence electrons. The minimum Gasteiger partial charge on any atom is -0.195 e. The highest BCUT2D eigenvalue weighted by Crippen LogP contribution is 2.19. The monoisotopic (exact) mass is 318 g/mol. The van der Waals surface area contributed by atoms with E-state index >= 15 is 0 Å². The quantitative estimate of drug-likeness (QED) is 0.682. The van der Waals surface area contributed by atoms with Crippen molar-refractivity contribution >= 4 is 45.6 Å². The lowest BCUT2D eigenvalue weighted by molar-refractivity contribution is 0.621. The molecule has 2 nitrogen and oxygen atoms in total. The van der Waals surface area contributed by atoms with Crippen LogP contribution in [-0.2, 0) is 8.26 Å². The van der Waals surface area contributed by atoms with E-state index in [1.54, 1.807) is 0 Å². The van der Waals surface area contributed by atoms with Gasteiger partial charge in [0.1, 0.15) is 0 Å². The molecule has 0 N–H and O–H groups in total. The number of rotatable bonds is 0. The maximum Gasteiger partial charge on any atom is 0.317 e. The van der Waals surface area contributed by atoms with Gasteiger partial charge in [-0.3, -0.25) is 0 Å². The van der Waals surface area contributed by atoms with Gasteiger partial charge < -0.3 is 0 Å². The Hall–Kier alpha value is 0.230. The van der Waals surface area contributed by atoms with Crippen LogP contribution in [0.25, 0.3) is 0 Å². The van der Waals surface area contributed by atoms with Crippen LogP contribution in [0.15, 0.2) is 22.7 Å². The lowest BCUT2D eigenvalue weighted by Gasteiger charge is -1.98. The van der Waals surface area contributed by atoms with Gasteiger partial charge in [-0.15, -0.1) is 0 Å². The Morgan fingerprint density at radius 3 is 1.64 bits per heavy atom. The zero-order chi connectivity index (χ0) is 11.4. The molecule has 0 radical (unpaired) electrons. The van der Waals surface area contributed by atoms with Gasteiger partial charge in [0.25, 0.3) is 0 Å². The second-order valence-corrected chi connectivity index (χ2v) is 7.05. The second-order valence-electron chi connectivity index (χ2n) is 2.58. The van der Waals surface area contributed by atoms with Gasteiger partial charge in [-0.1, -0.05) is 34.1 Å². The molecule has 1 aromatic rings. The Morgan fingerprint density at radius 1 is 1.14 bits per heavy atom. The largest absolute Gasteiger partial charge is 0.317 e. The highest BCUT2D eigenvalue weighted by atomic mass is 79.9. The lowest BCUT2D eigenvalue weighted by Crippen LogP contribution is -1.77. The van der Waals surface area contributed by atoms with Crippen molar-refractivity contribution in [2.75, 3.05) is 0 Å². The highest BCUT2D eigenvalue weighted by Gasteiger charge is 1.93. The predicted molar refractivity (Wildman–Crippen MR) is 64.2 cm³/mol. The van der Waals surface area contributed by atoms with E-state index in [-0.39, 0.29) is 0 Å². The first kappa shape index (κ1) is 14.2. The number of halogens is 3. The number of benzene rings is 1. The molecule has 0 aliphatic rings. The molecule has 14 heavy (non-hydrogen) atoms. The van der Waals surface area contributed by atoms with Crippen LogP contribution in [0.5, 0.6) is 0 Å². The molecule has 0 fully saturated rings. The molecule has 0 saturated carbocycles. The Balaban J connectivity index is 0.000000292. The third-order valence-corrected chi connectivity index (χ3v) is 2.64. The van der Waals surface area contributed by atoms with Crippen molar-refractivity contribution in [1.82, 2.24) is 0 Å². The number of aryl methyl sites for hydroxylation is 2. The molecule has 0 bridgehead atoms. The van der Waals surface area contributed by atoms with E-state index in [1.165, 1.54) is 15.6 Å². The van der Waals surface area contributed by atoms with Crippen LogP contribution in [-0.4, -0.2) is 8.42 Å². The Kier molecular flexibility index (Phi) is 6.05. The average molecular weight is 320 g/mol. The molecule has 1 aromatic carbocycles. The second kappa shape index (κ2) is 5.95. The van der Waals surface area contributed by atoms with Crippen LogP contribution in [0, 0.1) is 13.8 Å².